The molecule has 1 heterocycles. The number of carbonyl (C=O) groups is 1. The Morgan fingerprint density at radius 3 is 2.57 bits per heavy atom. The zero-order valence-corrected chi connectivity index (χ0v) is 15.8. The molecule has 0 saturated carbocycles. The van der Waals surface area contributed by atoms with Gasteiger partial charge in [-0.2, -0.15) is 13.2 Å². The molecule has 1 unspecified atom stereocenters. The molecule has 0 spiro atoms. The van der Waals surface area contributed by atoms with Gasteiger partial charge in [-0.05, 0) is 48.4 Å². The summed E-state index contributed by atoms with van der Waals surface area (Å²) in [5.74, 6) is 4.54. The van der Waals surface area contributed by atoms with Crippen molar-refractivity contribution in [2.24, 2.45) is 16.2 Å². The summed E-state index contributed by atoms with van der Waals surface area (Å²) in [4.78, 5) is 13.6. The van der Waals surface area contributed by atoms with Crippen molar-refractivity contribution in [1.29, 1.82) is 5.41 Å². The predicted octanol–water partition coefficient (Wildman–Crippen LogP) is 3.72. The lowest BCUT2D eigenvalue weighted by Gasteiger charge is -2.37. The third kappa shape index (κ3) is 4.32. The Morgan fingerprint density at radius 2 is 1.97 bits per heavy atom. The number of benzene rings is 2. The number of fused-ring (bicyclic) bond motifs is 1. The number of alkyl halides is 3. The molecule has 0 bridgehead atoms. The van der Waals surface area contributed by atoms with Gasteiger partial charge in [-0.15, -0.1) is 5.11 Å². The summed E-state index contributed by atoms with van der Waals surface area (Å²) in [7, 11) is 0. The molecule has 1 amide bonds. The van der Waals surface area contributed by atoms with E-state index < -0.39 is 11.7 Å². The summed E-state index contributed by atoms with van der Waals surface area (Å²) < 4.78 is 38.8. The van der Waals surface area contributed by atoms with Gasteiger partial charge in [0, 0.05) is 23.5 Å². The fraction of sp³-hybridized carbons (Fsp3) is 0.200. The van der Waals surface area contributed by atoms with Gasteiger partial charge in [-0.25, -0.2) is 0 Å². The van der Waals surface area contributed by atoms with Gasteiger partial charge < -0.3 is 16.1 Å². The molecule has 1 aliphatic heterocycles. The Morgan fingerprint density at radius 1 is 1.27 bits per heavy atom. The Bertz CT molecular complexity index is 1000. The maximum absolute atomic E-state index is 12.9. The first-order chi connectivity index (χ1) is 14.2. The molecule has 3 rings (SSSR count). The van der Waals surface area contributed by atoms with E-state index in [4.69, 9.17) is 11.3 Å². The molecule has 1 aliphatic rings. The van der Waals surface area contributed by atoms with Crippen LogP contribution in [-0.2, 0) is 17.4 Å². The lowest BCUT2D eigenvalue weighted by atomic mass is 9.92. The number of hydrogen-bond acceptors (Lipinski definition) is 4. The molecule has 2 aromatic rings. The van der Waals surface area contributed by atoms with Crippen LogP contribution in [0.25, 0.3) is 0 Å². The number of anilines is 2. The fourth-order valence-corrected chi connectivity index (χ4v) is 3.44. The first-order valence-electron chi connectivity index (χ1n) is 8.94. The lowest BCUT2D eigenvalue weighted by Crippen LogP contribution is -2.46. The van der Waals surface area contributed by atoms with Gasteiger partial charge in [-0.1, -0.05) is 23.9 Å². The van der Waals surface area contributed by atoms with Crippen molar-refractivity contribution < 1.29 is 18.0 Å². The molecule has 2 aromatic carbocycles. The highest BCUT2D eigenvalue weighted by Gasteiger charge is 2.32. The highest BCUT2D eigenvalue weighted by atomic mass is 19.4. The Kier molecular flexibility index (Phi) is 5.86. The second-order valence-electron chi connectivity index (χ2n) is 6.64. The van der Waals surface area contributed by atoms with Gasteiger partial charge in [0.25, 0.3) is 0 Å². The van der Waals surface area contributed by atoms with Crippen molar-refractivity contribution in [1.82, 2.24) is 5.32 Å². The van der Waals surface area contributed by atoms with E-state index in [0.717, 1.165) is 18.2 Å². The minimum atomic E-state index is -4.44. The molecular weight excluding hydrogens is 397 g/mol. The third-order valence-electron chi connectivity index (χ3n) is 4.75. The summed E-state index contributed by atoms with van der Waals surface area (Å²) in [6.45, 7) is 3.77. The molecule has 1 atom stereocenters. The average Bonchev–Trinajstić information content (AvgIpc) is 2.72. The molecular formula is C20H19F3N6O. The van der Waals surface area contributed by atoms with Crippen LogP contribution in [0.1, 0.15) is 16.7 Å². The Hall–Kier alpha value is -3.69. The van der Waals surface area contributed by atoms with E-state index in [0.29, 0.717) is 35.5 Å². The number of nitrogens with two attached hydrogens (primary N) is 1. The Labute approximate surface area is 170 Å². The molecule has 0 aromatic heterocycles. The zero-order valence-electron chi connectivity index (χ0n) is 15.8. The highest BCUT2D eigenvalue weighted by Crippen LogP contribution is 2.37. The van der Waals surface area contributed by atoms with Crippen LogP contribution in [0.4, 0.5) is 24.5 Å². The van der Waals surface area contributed by atoms with Crippen LogP contribution < -0.4 is 16.1 Å². The normalized spacial score (nSPS) is 16.2. The van der Waals surface area contributed by atoms with Gasteiger partial charge in [-0.3, -0.25) is 10.2 Å². The summed E-state index contributed by atoms with van der Waals surface area (Å²) in [5.41, 5.74) is 1.64. The summed E-state index contributed by atoms with van der Waals surface area (Å²) in [5, 5.41) is 17.6. The van der Waals surface area contributed by atoms with Crippen LogP contribution in [0.15, 0.2) is 65.5 Å². The molecule has 7 nitrogen and oxygen atoms in total. The smallest absolute Gasteiger partial charge is 0.348 e. The standard InChI is InChI=1S/C20H19F3N6O/c1-2-18(30)26-13-10-16-15(19(24)27-28-25)4-3-5-17(16)29(11-13)14-8-6-12(7-9-14)20(21,22)23/h2-9,13H,1,10-11H2,(H,26,30)(H3,24,25,27). The van der Waals surface area contributed by atoms with E-state index in [2.05, 4.69) is 22.2 Å². The van der Waals surface area contributed by atoms with Crippen LogP contribution in [0.3, 0.4) is 0 Å². The second kappa shape index (κ2) is 8.36. The Balaban J connectivity index is 2.07. The number of amidine groups is 1. The minimum absolute atomic E-state index is 0.155. The van der Waals surface area contributed by atoms with Crippen molar-refractivity contribution in [3.63, 3.8) is 0 Å². The van der Waals surface area contributed by atoms with Crippen LogP contribution in [0.5, 0.6) is 0 Å². The number of halogens is 3. The molecule has 0 aliphatic carbocycles. The van der Waals surface area contributed by atoms with Gasteiger partial charge in [0.05, 0.1) is 11.6 Å². The van der Waals surface area contributed by atoms with E-state index in [9.17, 15) is 18.0 Å². The molecule has 0 radical (unpaired) electrons. The monoisotopic (exact) mass is 416 g/mol. The number of nitrogens with one attached hydrogen (secondary N) is 2. The van der Waals surface area contributed by atoms with Gasteiger partial charge in [0.1, 0.15) is 0 Å². The van der Waals surface area contributed by atoms with Crippen molar-refractivity contribution >= 4 is 23.1 Å². The first-order valence-corrected chi connectivity index (χ1v) is 8.94. The number of nitrogens with zero attached hydrogens (tertiary/aromatic N) is 3. The van der Waals surface area contributed by atoms with E-state index in [-0.39, 0.29) is 17.8 Å². The van der Waals surface area contributed by atoms with E-state index in [1.807, 2.05) is 0 Å². The predicted molar refractivity (Wildman–Crippen MR) is 107 cm³/mol. The minimum Gasteiger partial charge on any atom is -0.348 e. The topological polar surface area (TPSA) is 107 Å². The zero-order chi connectivity index (χ0) is 21.9. The molecule has 4 N–H and O–H groups in total. The quantitative estimate of drug-likeness (QED) is 0.177. The van der Waals surface area contributed by atoms with Crippen LogP contribution >= 0.6 is 0 Å². The van der Waals surface area contributed by atoms with Crippen molar-refractivity contribution in [3.8, 4) is 0 Å². The van der Waals surface area contributed by atoms with Gasteiger partial charge in [0.15, 0.2) is 5.84 Å². The molecule has 0 fully saturated rings. The second-order valence-corrected chi connectivity index (χ2v) is 6.64. The summed E-state index contributed by atoms with van der Waals surface area (Å²) >= 11 is 0. The fourth-order valence-electron chi connectivity index (χ4n) is 3.44. The van der Waals surface area contributed by atoms with E-state index >= 15 is 0 Å². The summed E-state index contributed by atoms with van der Waals surface area (Å²) in [6.07, 6.45) is -2.90. The summed E-state index contributed by atoms with van der Waals surface area (Å²) in [6, 6.07) is 9.60. The van der Waals surface area contributed by atoms with E-state index in [1.165, 1.54) is 12.1 Å². The molecule has 10 heteroatoms. The van der Waals surface area contributed by atoms with Gasteiger partial charge >= 0.3 is 6.18 Å². The third-order valence-corrected chi connectivity index (χ3v) is 4.75. The molecule has 0 saturated heterocycles. The highest BCUT2D eigenvalue weighted by molar-refractivity contribution is 6.00. The van der Waals surface area contributed by atoms with Crippen molar-refractivity contribution in [3.05, 3.63) is 71.8 Å². The first kappa shape index (κ1) is 21.0. The van der Waals surface area contributed by atoms with E-state index in [1.54, 1.807) is 23.1 Å². The average molecular weight is 416 g/mol. The van der Waals surface area contributed by atoms with Crippen LogP contribution in [-0.4, -0.2) is 24.3 Å². The SMILES string of the molecule is C=CC(=O)NC1Cc2c(C(=N)N=NN)cccc2N(c2ccc(C(F)(F)F)cc2)C1. The maximum Gasteiger partial charge on any atom is 0.416 e. The lowest BCUT2D eigenvalue weighted by molar-refractivity contribution is -0.137. The number of amides is 1. The molecule has 30 heavy (non-hydrogen) atoms. The van der Waals surface area contributed by atoms with Crippen LogP contribution in [0.2, 0.25) is 0 Å². The number of carbonyl (C=O) groups excluding carboxylic acids is 1. The molecule has 156 valence electrons. The van der Waals surface area contributed by atoms with Gasteiger partial charge in [0.2, 0.25) is 5.91 Å². The largest absolute Gasteiger partial charge is 0.416 e. The van der Waals surface area contributed by atoms with Crippen molar-refractivity contribution in [2.45, 2.75) is 18.6 Å². The van der Waals surface area contributed by atoms with Crippen LogP contribution in [0, 0.1) is 5.41 Å². The van der Waals surface area contributed by atoms with Crippen molar-refractivity contribution in [2.75, 3.05) is 11.4 Å². The number of hydrogen-bond donors (Lipinski definition) is 3. The maximum atomic E-state index is 12.9. The number of rotatable bonds is 4.